The van der Waals surface area contributed by atoms with Gasteiger partial charge in [-0.2, -0.15) is 0 Å². The van der Waals surface area contributed by atoms with E-state index >= 15 is 0 Å². The maximum Gasteiger partial charge on any atom is 0.331 e. The van der Waals surface area contributed by atoms with Gasteiger partial charge in [-0.05, 0) is 12.0 Å². The third-order valence-electron chi connectivity index (χ3n) is 2.24. The highest BCUT2D eigenvalue weighted by molar-refractivity contribution is 5.91. The minimum atomic E-state index is -1.27. The van der Waals surface area contributed by atoms with Crippen LogP contribution in [-0.4, -0.2) is 27.3 Å². The van der Waals surface area contributed by atoms with Gasteiger partial charge in [0.2, 0.25) is 0 Å². The molecule has 19 heavy (non-hydrogen) atoms. The van der Waals surface area contributed by atoms with E-state index in [0.29, 0.717) is 0 Å². The molecule has 0 spiro atoms. The van der Waals surface area contributed by atoms with E-state index in [9.17, 15) is 14.7 Å². The van der Waals surface area contributed by atoms with E-state index in [2.05, 4.69) is 6.58 Å². The molecule has 3 N–H and O–H groups in total. The van der Waals surface area contributed by atoms with E-state index in [1.54, 1.807) is 0 Å². The smallest absolute Gasteiger partial charge is 0.331 e. The fourth-order valence-electron chi connectivity index (χ4n) is 1.17. The second-order valence-electron chi connectivity index (χ2n) is 3.81. The Bertz CT molecular complexity index is 425. The largest absolute Gasteiger partial charge is 0.481 e. The summed E-state index contributed by atoms with van der Waals surface area (Å²) in [6, 6.07) is 9.70. The lowest BCUT2D eigenvalue weighted by molar-refractivity contribution is -0.139. The summed E-state index contributed by atoms with van der Waals surface area (Å²) in [6.07, 6.45) is -0.0134. The normalized spacial score (nSPS) is 10.8. The summed E-state index contributed by atoms with van der Waals surface area (Å²) in [5, 5.41) is 25.4. The van der Waals surface area contributed by atoms with Crippen molar-refractivity contribution in [2.45, 2.75) is 25.9 Å². The molecule has 0 amide bonds. The van der Waals surface area contributed by atoms with Crippen LogP contribution in [0.15, 0.2) is 42.5 Å². The molecule has 0 aromatic heterocycles. The number of hydrogen-bond acceptors (Lipinski definition) is 3. The number of aliphatic carboxylic acids is 2. The Labute approximate surface area is 111 Å². The highest BCUT2D eigenvalue weighted by Gasteiger charge is 2.07. The molecule has 1 aromatic rings. The zero-order valence-electron chi connectivity index (χ0n) is 10.7. The maximum atomic E-state index is 9.87. The van der Waals surface area contributed by atoms with E-state index in [-0.39, 0.29) is 11.7 Å². The van der Waals surface area contributed by atoms with E-state index in [4.69, 9.17) is 10.2 Å². The minimum absolute atomic E-state index is 0.291. The summed E-state index contributed by atoms with van der Waals surface area (Å²) in [7, 11) is 0. The summed E-state index contributed by atoms with van der Waals surface area (Å²) in [5.74, 6) is -2.44. The van der Waals surface area contributed by atoms with Crippen LogP contribution in [0, 0.1) is 0 Å². The lowest BCUT2D eigenvalue weighted by Crippen LogP contribution is -2.04. The second kappa shape index (κ2) is 8.88. The lowest BCUT2D eigenvalue weighted by Gasteiger charge is -2.05. The molecule has 0 bridgehead atoms. The summed E-state index contributed by atoms with van der Waals surface area (Å²) >= 11 is 0. The molecule has 1 rings (SSSR count). The Hall–Kier alpha value is -2.14. The van der Waals surface area contributed by atoms with Gasteiger partial charge in [0, 0.05) is 5.57 Å². The van der Waals surface area contributed by atoms with Gasteiger partial charge < -0.3 is 15.3 Å². The first-order valence-electron chi connectivity index (χ1n) is 5.74. The highest BCUT2D eigenvalue weighted by Crippen LogP contribution is 2.14. The van der Waals surface area contributed by atoms with Crippen molar-refractivity contribution >= 4 is 11.9 Å². The maximum absolute atomic E-state index is 9.87. The standard InChI is InChI=1S/C9H12O.C5H6O4/c1-2-9(10)8-6-4-3-5-7-8;1-3(5(8)9)2-4(6)7/h3-7,9-10H,2H2,1H3;1-2H2,(H,6,7)(H,8,9). The molecule has 1 aromatic carbocycles. The summed E-state index contributed by atoms with van der Waals surface area (Å²) in [6.45, 7) is 4.98. The molecule has 0 radical (unpaired) electrons. The van der Waals surface area contributed by atoms with Crippen molar-refractivity contribution in [3.63, 3.8) is 0 Å². The zero-order chi connectivity index (χ0) is 14.8. The summed E-state index contributed by atoms with van der Waals surface area (Å²) < 4.78 is 0. The SMILES string of the molecule is C=C(CC(=O)O)C(=O)O.CCC(O)c1ccccc1. The first-order chi connectivity index (χ1) is 8.88. The summed E-state index contributed by atoms with van der Waals surface area (Å²) in [5.41, 5.74) is 0.701. The van der Waals surface area contributed by atoms with Crippen molar-refractivity contribution in [3.05, 3.63) is 48.0 Å². The monoisotopic (exact) mass is 266 g/mol. The molecule has 0 aliphatic heterocycles. The Morgan fingerprint density at radius 3 is 2.05 bits per heavy atom. The first kappa shape index (κ1) is 16.9. The Kier molecular flexibility index (Phi) is 7.88. The molecule has 0 saturated heterocycles. The average molecular weight is 266 g/mol. The van der Waals surface area contributed by atoms with Gasteiger partial charge in [0.15, 0.2) is 0 Å². The number of hydrogen-bond donors (Lipinski definition) is 3. The number of aliphatic hydroxyl groups excluding tert-OH is 1. The molecule has 1 atom stereocenters. The molecule has 104 valence electrons. The Morgan fingerprint density at radius 1 is 1.21 bits per heavy atom. The summed E-state index contributed by atoms with van der Waals surface area (Å²) in [4.78, 5) is 19.7. The fraction of sp³-hybridized carbons (Fsp3) is 0.286. The van der Waals surface area contributed by atoms with Gasteiger partial charge in [-0.15, -0.1) is 0 Å². The van der Waals surface area contributed by atoms with Crippen LogP contribution in [0.4, 0.5) is 0 Å². The molecule has 0 aliphatic carbocycles. The molecule has 0 heterocycles. The quantitative estimate of drug-likeness (QED) is 0.710. The second-order valence-corrected chi connectivity index (χ2v) is 3.81. The van der Waals surface area contributed by atoms with Crippen LogP contribution < -0.4 is 0 Å². The van der Waals surface area contributed by atoms with Crippen molar-refractivity contribution < 1.29 is 24.9 Å². The van der Waals surface area contributed by atoms with Crippen LogP contribution >= 0.6 is 0 Å². The number of carboxylic acid groups (broad SMARTS) is 2. The van der Waals surface area contributed by atoms with E-state index in [0.717, 1.165) is 12.0 Å². The number of benzene rings is 1. The minimum Gasteiger partial charge on any atom is -0.481 e. The topological polar surface area (TPSA) is 94.8 Å². The molecule has 5 nitrogen and oxygen atoms in total. The molecule has 5 heteroatoms. The van der Waals surface area contributed by atoms with E-state index in [1.807, 2.05) is 37.3 Å². The van der Waals surface area contributed by atoms with Gasteiger partial charge in [0.25, 0.3) is 0 Å². The fourth-order valence-corrected chi connectivity index (χ4v) is 1.17. The van der Waals surface area contributed by atoms with E-state index in [1.165, 1.54) is 0 Å². The van der Waals surface area contributed by atoms with Crippen LogP contribution in [0.2, 0.25) is 0 Å². The predicted octanol–water partition coefficient (Wildman–Crippen LogP) is 2.23. The number of carbonyl (C=O) groups is 2. The molecule has 0 fully saturated rings. The van der Waals surface area contributed by atoms with Crippen LogP contribution in [0.25, 0.3) is 0 Å². The van der Waals surface area contributed by atoms with Crippen molar-refractivity contribution in [1.29, 1.82) is 0 Å². The van der Waals surface area contributed by atoms with Gasteiger partial charge in [-0.3, -0.25) is 4.79 Å². The Morgan fingerprint density at radius 2 is 1.74 bits per heavy atom. The van der Waals surface area contributed by atoms with Gasteiger partial charge in [-0.1, -0.05) is 43.8 Å². The first-order valence-corrected chi connectivity index (χ1v) is 5.74. The van der Waals surface area contributed by atoms with Crippen LogP contribution in [0.5, 0.6) is 0 Å². The van der Waals surface area contributed by atoms with Crippen molar-refractivity contribution in [3.8, 4) is 0 Å². The van der Waals surface area contributed by atoms with Crippen LogP contribution in [-0.2, 0) is 9.59 Å². The van der Waals surface area contributed by atoms with Crippen molar-refractivity contribution in [2.75, 3.05) is 0 Å². The van der Waals surface area contributed by atoms with Gasteiger partial charge in [0.1, 0.15) is 0 Å². The Balaban J connectivity index is 0.000000344. The highest BCUT2D eigenvalue weighted by atomic mass is 16.4. The van der Waals surface area contributed by atoms with Crippen LogP contribution in [0.1, 0.15) is 31.4 Å². The molecule has 0 aliphatic rings. The van der Waals surface area contributed by atoms with Crippen LogP contribution in [0.3, 0.4) is 0 Å². The molecule has 0 saturated carbocycles. The van der Waals surface area contributed by atoms with Gasteiger partial charge in [0.05, 0.1) is 12.5 Å². The third kappa shape index (κ3) is 7.72. The average Bonchev–Trinajstić information content (AvgIpc) is 2.38. The number of rotatable bonds is 5. The number of carboxylic acids is 2. The van der Waals surface area contributed by atoms with Crippen molar-refractivity contribution in [1.82, 2.24) is 0 Å². The third-order valence-corrected chi connectivity index (χ3v) is 2.24. The van der Waals surface area contributed by atoms with Crippen molar-refractivity contribution in [2.24, 2.45) is 0 Å². The van der Waals surface area contributed by atoms with E-state index < -0.39 is 18.4 Å². The molecular weight excluding hydrogens is 248 g/mol. The predicted molar refractivity (Wildman–Crippen MR) is 70.7 cm³/mol. The van der Waals surface area contributed by atoms with Gasteiger partial charge >= 0.3 is 11.9 Å². The van der Waals surface area contributed by atoms with Gasteiger partial charge in [-0.25, -0.2) is 4.79 Å². The number of aliphatic hydroxyl groups is 1. The molecule has 1 unspecified atom stereocenters. The lowest BCUT2D eigenvalue weighted by atomic mass is 10.1. The molecular formula is C14H18O5. The zero-order valence-corrected chi connectivity index (χ0v) is 10.7.